The molecule has 0 aromatic carbocycles. The molecule has 7 fully saturated rings. The van der Waals surface area contributed by atoms with Crippen LogP contribution in [-0.4, -0.2) is 192 Å². The standard InChI is InChI=1S/C48H80O18/c1-43(2)14-15-44(3)23(16-43)22-8-9-28-45(4)12-11-29(64-42-39(36(58)33(55)26(20-51)63-42)66-41-38(60)35(57)32(54)25(19-50)62-41)46(5,21-52)27(45)10-13-47(28,6)48(22,7)17-30(44)65-40-37(59)34(56)31(53)24(18-49)61-40/h8,23-42,49-60H,9-21H2,1-7H3. The molecule has 8 rings (SSSR count). The van der Waals surface area contributed by atoms with E-state index in [1.54, 1.807) is 0 Å². The lowest BCUT2D eigenvalue weighted by atomic mass is 9.33. The van der Waals surface area contributed by atoms with Gasteiger partial charge in [0.15, 0.2) is 18.9 Å². The molecular weight excluding hydrogens is 865 g/mol. The predicted octanol–water partition coefficient (Wildman–Crippen LogP) is -0.415. The lowest BCUT2D eigenvalue weighted by Gasteiger charge is -2.72. The smallest absolute Gasteiger partial charge is 0.187 e. The molecule has 5 aliphatic carbocycles. The maximum absolute atomic E-state index is 11.5. The average Bonchev–Trinajstić information content (AvgIpc) is 3.28. The van der Waals surface area contributed by atoms with Crippen molar-refractivity contribution in [1.82, 2.24) is 0 Å². The summed E-state index contributed by atoms with van der Waals surface area (Å²) in [5, 5.41) is 128. The molecule has 25 unspecified atom stereocenters. The first kappa shape index (κ1) is 51.4. The molecule has 3 heterocycles. The third-order valence-electron chi connectivity index (χ3n) is 19.6. The van der Waals surface area contributed by atoms with Gasteiger partial charge in [-0.2, -0.15) is 0 Å². The zero-order valence-electron chi connectivity index (χ0n) is 39.6. The highest BCUT2D eigenvalue weighted by Crippen LogP contribution is 2.76. The minimum absolute atomic E-state index is 0.0614. The largest absolute Gasteiger partial charge is 0.396 e. The molecule has 0 radical (unpaired) electrons. The van der Waals surface area contributed by atoms with E-state index in [2.05, 4.69) is 47.6 Å². The van der Waals surface area contributed by atoms with Gasteiger partial charge in [-0.1, -0.05) is 60.1 Å². The van der Waals surface area contributed by atoms with E-state index in [1.165, 1.54) is 5.57 Å². The zero-order valence-corrected chi connectivity index (χ0v) is 39.6. The summed E-state index contributed by atoms with van der Waals surface area (Å²) in [6.45, 7) is 13.8. The molecule has 8 aliphatic rings. The van der Waals surface area contributed by atoms with E-state index in [1.807, 2.05) is 6.92 Å². The van der Waals surface area contributed by atoms with Gasteiger partial charge in [0.25, 0.3) is 0 Å². The molecule has 18 nitrogen and oxygen atoms in total. The number of ether oxygens (including phenoxy) is 6. The van der Waals surface area contributed by atoms with Gasteiger partial charge in [0.2, 0.25) is 0 Å². The van der Waals surface area contributed by atoms with Gasteiger partial charge in [-0.15, -0.1) is 0 Å². The van der Waals surface area contributed by atoms with E-state index in [0.717, 1.165) is 38.5 Å². The van der Waals surface area contributed by atoms with Crippen molar-refractivity contribution in [1.29, 1.82) is 0 Å². The molecule has 4 saturated carbocycles. The molecule has 18 heteroatoms. The van der Waals surface area contributed by atoms with Gasteiger partial charge in [0.1, 0.15) is 73.2 Å². The van der Waals surface area contributed by atoms with Crippen LogP contribution in [0.4, 0.5) is 0 Å². The molecule has 0 spiro atoms. The fraction of sp³-hybridized carbons (Fsp3) is 0.958. The molecule has 3 aliphatic heterocycles. The van der Waals surface area contributed by atoms with Crippen molar-refractivity contribution >= 4 is 0 Å². The van der Waals surface area contributed by atoms with Crippen LogP contribution in [0, 0.1) is 50.2 Å². The summed E-state index contributed by atoms with van der Waals surface area (Å²) in [4.78, 5) is 0. The van der Waals surface area contributed by atoms with Crippen LogP contribution in [-0.2, 0) is 28.4 Å². The van der Waals surface area contributed by atoms with E-state index < -0.39 is 130 Å². The van der Waals surface area contributed by atoms with Crippen molar-refractivity contribution in [2.45, 2.75) is 211 Å². The Labute approximate surface area is 387 Å². The van der Waals surface area contributed by atoms with Crippen LogP contribution in [0.25, 0.3) is 0 Å². The molecular formula is C48H80O18. The number of fused-ring (bicyclic) bond motifs is 7. The second-order valence-electron chi connectivity index (χ2n) is 23.6. The Morgan fingerprint density at radius 1 is 0.530 bits per heavy atom. The second kappa shape index (κ2) is 18.3. The van der Waals surface area contributed by atoms with Crippen molar-refractivity contribution in [3.63, 3.8) is 0 Å². The molecule has 3 saturated heterocycles. The molecule has 0 aromatic rings. The molecule has 66 heavy (non-hydrogen) atoms. The average molecular weight is 945 g/mol. The Morgan fingerprint density at radius 3 is 1.62 bits per heavy atom. The highest BCUT2D eigenvalue weighted by molar-refractivity contribution is 5.35. The van der Waals surface area contributed by atoms with E-state index in [9.17, 15) is 61.3 Å². The van der Waals surface area contributed by atoms with Crippen molar-refractivity contribution in [2.75, 3.05) is 26.4 Å². The Hall–Kier alpha value is -0.980. The first-order chi connectivity index (χ1) is 30.9. The number of aliphatic hydroxyl groups excluding tert-OH is 12. The summed E-state index contributed by atoms with van der Waals surface area (Å²) in [6, 6.07) is 0. The van der Waals surface area contributed by atoms with Gasteiger partial charge < -0.3 is 89.7 Å². The SMILES string of the molecule is CC1(C)CCC2(C)C(OC3OC(CO)C(O)C(O)C3O)CC3(C)C(=CCC4C5(C)CCC(OC6OC(CO)C(O)C(O)C6OC6OC(CO)C(O)C(O)C6O)C(C)(CO)C5CCC43C)C2C1. The van der Waals surface area contributed by atoms with Crippen LogP contribution in [0.5, 0.6) is 0 Å². The minimum atomic E-state index is -1.82. The fourth-order valence-corrected chi connectivity index (χ4v) is 15.1. The van der Waals surface area contributed by atoms with E-state index >= 15 is 0 Å². The molecule has 0 bridgehead atoms. The van der Waals surface area contributed by atoms with Gasteiger partial charge in [0.05, 0.1) is 38.6 Å². The highest BCUT2D eigenvalue weighted by atomic mass is 16.8. The maximum Gasteiger partial charge on any atom is 0.187 e. The molecule has 0 amide bonds. The lowest BCUT2D eigenvalue weighted by molar-refractivity contribution is -0.379. The van der Waals surface area contributed by atoms with Gasteiger partial charge in [-0.05, 0) is 97.2 Å². The third-order valence-corrected chi connectivity index (χ3v) is 19.6. The number of allylic oxidation sites excluding steroid dienone is 2. The summed E-state index contributed by atoms with van der Waals surface area (Å²) in [5.41, 5.74) is -0.682. The summed E-state index contributed by atoms with van der Waals surface area (Å²) in [5.74, 6) is 0.212. The number of rotatable bonds is 10. The first-order valence-corrected chi connectivity index (χ1v) is 24.4. The van der Waals surface area contributed by atoms with Gasteiger partial charge in [-0.25, -0.2) is 0 Å². The fourth-order valence-electron chi connectivity index (χ4n) is 15.1. The Balaban J connectivity index is 1.09. The number of aliphatic hydroxyl groups is 12. The molecule has 12 N–H and O–H groups in total. The topological polar surface area (TPSA) is 298 Å². The summed E-state index contributed by atoms with van der Waals surface area (Å²) >= 11 is 0. The van der Waals surface area contributed by atoms with Crippen molar-refractivity contribution in [3.8, 4) is 0 Å². The Bertz CT molecular complexity index is 1750. The quantitative estimate of drug-likeness (QED) is 0.0979. The first-order valence-electron chi connectivity index (χ1n) is 24.4. The zero-order chi connectivity index (χ0) is 48.3. The monoisotopic (exact) mass is 945 g/mol. The van der Waals surface area contributed by atoms with Crippen molar-refractivity contribution in [2.24, 2.45) is 50.2 Å². The van der Waals surface area contributed by atoms with E-state index in [-0.39, 0.29) is 51.4 Å². The third kappa shape index (κ3) is 7.91. The number of hydrogen-bond donors (Lipinski definition) is 12. The number of hydrogen-bond acceptors (Lipinski definition) is 18. The van der Waals surface area contributed by atoms with Crippen LogP contribution in [0.3, 0.4) is 0 Å². The normalized spacial score (nSPS) is 56.0. The van der Waals surface area contributed by atoms with Gasteiger partial charge in [-0.3, -0.25) is 0 Å². The lowest BCUT2D eigenvalue weighted by Crippen LogP contribution is -2.68. The van der Waals surface area contributed by atoms with Crippen LogP contribution in [0.15, 0.2) is 11.6 Å². The minimum Gasteiger partial charge on any atom is -0.396 e. The van der Waals surface area contributed by atoms with E-state index in [4.69, 9.17) is 28.4 Å². The Morgan fingerprint density at radius 2 is 1.06 bits per heavy atom. The van der Waals surface area contributed by atoms with Crippen molar-refractivity contribution < 1.29 is 89.7 Å². The van der Waals surface area contributed by atoms with Crippen LogP contribution in [0.1, 0.15) is 106 Å². The van der Waals surface area contributed by atoms with Crippen LogP contribution >= 0.6 is 0 Å². The van der Waals surface area contributed by atoms with E-state index in [0.29, 0.717) is 19.3 Å². The summed E-state index contributed by atoms with van der Waals surface area (Å²) in [6.07, 6.45) is -14.5. The predicted molar refractivity (Wildman–Crippen MR) is 231 cm³/mol. The van der Waals surface area contributed by atoms with Crippen molar-refractivity contribution in [3.05, 3.63) is 11.6 Å². The maximum atomic E-state index is 11.5. The summed E-state index contributed by atoms with van der Waals surface area (Å²) < 4.78 is 37.3. The van der Waals surface area contributed by atoms with Crippen LogP contribution < -0.4 is 0 Å². The molecule has 0 aromatic heterocycles. The second-order valence-corrected chi connectivity index (χ2v) is 23.6. The Kier molecular flexibility index (Phi) is 14.2. The summed E-state index contributed by atoms with van der Waals surface area (Å²) in [7, 11) is 0. The molecule has 25 atom stereocenters. The van der Waals surface area contributed by atoms with Crippen LogP contribution in [0.2, 0.25) is 0 Å². The molecule has 380 valence electrons. The highest BCUT2D eigenvalue weighted by Gasteiger charge is 2.71. The van der Waals surface area contributed by atoms with Gasteiger partial charge >= 0.3 is 0 Å². The van der Waals surface area contributed by atoms with Gasteiger partial charge in [0, 0.05) is 10.8 Å².